The monoisotopic (exact) mass is 376 g/mol. The first-order chi connectivity index (χ1) is 12.8. The molecule has 6 nitrogen and oxygen atoms in total. The zero-order valence-corrected chi connectivity index (χ0v) is 16.8. The maximum Gasteiger partial charge on any atom is 0.242 e. The molecule has 1 unspecified atom stereocenters. The lowest BCUT2D eigenvalue weighted by molar-refractivity contribution is -0.150. The van der Waals surface area contributed by atoms with Crippen molar-refractivity contribution < 1.29 is 18.7 Å². The van der Waals surface area contributed by atoms with E-state index in [-0.39, 0.29) is 35.9 Å². The highest BCUT2D eigenvalue weighted by molar-refractivity contribution is 5.87. The van der Waals surface area contributed by atoms with Gasteiger partial charge in [-0.3, -0.25) is 9.59 Å². The van der Waals surface area contributed by atoms with Crippen molar-refractivity contribution in [2.75, 3.05) is 19.7 Å². The fourth-order valence-electron chi connectivity index (χ4n) is 3.64. The van der Waals surface area contributed by atoms with Gasteiger partial charge in [-0.15, -0.1) is 0 Å². The minimum atomic E-state index is -0.386. The maximum atomic E-state index is 13.2. The van der Waals surface area contributed by atoms with Gasteiger partial charge >= 0.3 is 0 Å². The van der Waals surface area contributed by atoms with Crippen molar-refractivity contribution in [2.24, 2.45) is 5.92 Å². The molecule has 3 rings (SSSR count). The van der Waals surface area contributed by atoms with E-state index in [0.717, 1.165) is 44.5 Å². The average Bonchev–Trinajstić information content (AvgIpc) is 3.22. The molecule has 2 amide bonds. The second kappa shape index (κ2) is 8.46. The fraction of sp³-hybridized carbons (Fsp3) is 0.714. The number of nitrogens with zero attached hydrogens (tertiary/aromatic N) is 2. The number of rotatable bonds is 7. The normalized spacial score (nSPS) is 20.3. The molecule has 2 aliphatic rings. The summed E-state index contributed by atoms with van der Waals surface area (Å²) in [6.07, 6.45) is 6.65. The minimum absolute atomic E-state index is 0.0514. The molecular weight excluding hydrogens is 344 g/mol. The van der Waals surface area contributed by atoms with E-state index < -0.39 is 0 Å². The summed E-state index contributed by atoms with van der Waals surface area (Å²) in [6.45, 7) is 7.78. The van der Waals surface area contributed by atoms with Crippen LogP contribution in [0.4, 0.5) is 0 Å². The average molecular weight is 376 g/mol. The summed E-state index contributed by atoms with van der Waals surface area (Å²) < 4.78 is 11.2. The Bertz CT molecular complexity index is 625. The molecule has 1 aliphatic carbocycles. The molecule has 0 spiro atoms. The van der Waals surface area contributed by atoms with E-state index >= 15 is 0 Å². The number of carbonyl (C=O) groups is 2. The van der Waals surface area contributed by atoms with Crippen LogP contribution in [0.1, 0.15) is 58.6 Å². The number of carbonyl (C=O) groups excluding carboxylic acids is 2. The standard InChI is InChI=1S/C21H32N2O4/c1-21(2,3)23(20(25)16-7-4-8-16)15-19(24)22(13-17-9-5-11-26-17)14-18-10-6-12-27-18/h5,9,11,16,18H,4,6-8,10,12-15H2,1-3H3. The molecular formula is C21H32N2O4. The lowest BCUT2D eigenvalue weighted by Crippen LogP contribution is -2.54. The van der Waals surface area contributed by atoms with Crippen LogP contribution in [0.25, 0.3) is 0 Å². The summed E-state index contributed by atoms with van der Waals surface area (Å²) in [5.74, 6) is 0.879. The highest BCUT2D eigenvalue weighted by atomic mass is 16.5. The Kier molecular flexibility index (Phi) is 6.25. The third-order valence-corrected chi connectivity index (χ3v) is 5.55. The van der Waals surface area contributed by atoms with Crippen molar-refractivity contribution in [3.8, 4) is 0 Å². The Hall–Kier alpha value is -1.82. The Balaban J connectivity index is 1.70. The maximum absolute atomic E-state index is 13.2. The van der Waals surface area contributed by atoms with Crippen LogP contribution in [0.3, 0.4) is 0 Å². The zero-order valence-electron chi connectivity index (χ0n) is 16.8. The number of hydrogen-bond donors (Lipinski definition) is 0. The first kappa shape index (κ1) is 19.9. The van der Waals surface area contributed by atoms with Crippen LogP contribution in [0, 0.1) is 5.92 Å². The van der Waals surface area contributed by atoms with Gasteiger partial charge in [-0.1, -0.05) is 6.42 Å². The highest BCUT2D eigenvalue weighted by Crippen LogP contribution is 2.30. The van der Waals surface area contributed by atoms with Gasteiger partial charge in [-0.05, 0) is 58.6 Å². The van der Waals surface area contributed by atoms with Crippen molar-refractivity contribution in [3.63, 3.8) is 0 Å². The molecule has 0 aromatic carbocycles. The van der Waals surface area contributed by atoms with Gasteiger partial charge in [0.15, 0.2) is 0 Å². The third-order valence-electron chi connectivity index (χ3n) is 5.55. The van der Waals surface area contributed by atoms with E-state index in [0.29, 0.717) is 13.1 Å². The van der Waals surface area contributed by atoms with E-state index in [1.807, 2.05) is 32.9 Å². The van der Waals surface area contributed by atoms with Crippen molar-refractivity contribution in [3.05, 3.63) is 24.2 Å². The molecule has 2 heterocycles. The van der Waals surface area contributed by atoms with E-state index in [9.17, 15) is 9.59 Å². The first-order valence-electron chi connectivity index (χ1n) is 10.1. The van der Waals surface area contributed by atoms with Crippen LogP contribution in [0.2, 0.25) is 0 Å². The van der Waals surface area contributed by atoms with Crippen molar-refractivity contribution >= 4 is 11.8 Å². The second-order valence-electron chi connectivity index (χ2n) is 8.71. The SMILES string of the molecule is CC(C)(C)N(CC(=O)N(Cc1ccco1)CC1CCCO1)C(=O)C1CCC1. The smallest absolute Gasteiger partial charge is 0.242 e. The Morgan fingerprint density at radius 3 is 2.48 bits per heavy atom. The molecule has 1 aromatic heterocycles. The van der Waals surface area contributed by atoms with Gasteiger partial charge in [-0.25, -0.2) is 0 Å². The second-order valence-corrected chi connectivity index (χ2v) is 8.71. The van der Waals surface area contributed by atoms with Crippen LogP contribution in [-0.2, 0) is 20.9 Å². The van der Waals surface area contributed by atoms with E-state index in [1.165, 1.54) is 0 Å². The summed E-state index contributed by atoms with van der Waals surface area (Å²) in [5.41, 5.74) is -0.386. The molecule has 0 bridgehead atoms. The molecule has 1 aromatic rings. The summed E-state index contributed by atoms with van der Waals surface area (Å²) in [6, 6.07) is 3.70. The lowest BCUT2D eigenvalue weighted by Gasteiger charge is -2.40. The topological polar surface area (TPSA) is 63.0 Å². The number of hydrogen-bond acceptors (Lipinski definition) is 4. The summed E-state index contributed by atoms with van der Waals surface area (Å²) >= 11 is 0. The summed E-state index contributed by atoms with van der Waals surface area (Å²) in [5, 5.41) is 0. The van der Waals surface area contributed by atoms with Crippen LogP contribution in [-0.4, -0.2) is 53.0 Å². The van der Waals surface area contributed by atoms with Crippen molar-refractivity contribution in [2.45, 2.75) is 71.1 Å². The number of ether oxygens (including phenoxy) is 1. The molecule has 150 valence electrons. The number of furan rings is 1. The molecule has 6 heteroatoms. The van der Waals surface area contributed by atoms with Crippen LogP contribution in [0.15, 0.2) is 22.8 Å². The predicted octanol–water partition coefficient (Wildman–Crippen LogP) is 3.21. The van der Waals surface area contributed by atoms with E-state index in [2.05, 4.69) is 0 Å². The van der Waals surface area contributed by atoms with Crippen molar-refractivity contribution in [1.82, 2.24) is 9.80 Å². The van der Waals surface area contributed by atoms with E-state index in [1.54, 1.807) is 16.1 Å². The Labute approximate surface area is 161 Å². The molecule has 1 saturated heterocycles. The fourth-order valence-corrected chi connectivity index (χ4v) is 3.64. The summed E-state index contributed by atoms with van der Waals surface area (Å²) in [4.78, 5) is 29.6. The minimum Gasteiger partial charge on any atom is -0.467 e. The largest absolute Gasteiger partial charge is 0.467 e. The molecule has 1 saturated carbocycles. The van der Waals surface area contributed by atoms with Gasteiger partial charge in [0, 0.05) is 24.6 Å². The highest BCUT2D eigenvalue weighted by Gasteiger charge is 2.37. The van der Waals surface area contributed by atoms with Crippen LogP contribution >= 0.6 is 0 Å². The van der Waals surface area contributed by atoms with Crippen LogP contribution in [0.5, 0.6) is 0 Å². The van der Waals surface area contributed by atoms with Crippen molar-refractivity contribution in [1.29, 1.82) is 0 Å². The summed E-state index contributed by atoms with van der Waals surface area (Å²) in [7, 11) is 0. The lowest BCUT2D eigenvalue weighted by atomic mass is 9.83. The first-order valence-corrected chi connectivity index (χ1v) is 10.1. The van der Waals surface area contributed by atoms with E-state index in [4.69, 9.17) is 9.15 Å². The van der Waals surface area contributed by atoms with Gasteiger partial charge in [0.1, 0.15) is 12.3 Å². The predicted molar refractivity (Wildman–Crippen MR) is 102 cm³/mol. The Morgan fingerprint density at radius 1 is 1.19 bits per heavy atom. The molecule has 27 heavy (non-hydrogen) atoms. The quantitative estimate of drug-likeness (QED) is 0.733. The third kappa shape index (κ3) is 5.12. The molecule has 1 aliphatic heterocycles. The van der Waals surface area contributed by atoms with Gasteiger partial charge in [-0.2, -0.15) is 0 Å². The molecule has 1 atom stereocenters. The number of amides is 2. The van der Waals surface area contributed by atoms with Crippen LogP contribution < -0.4 is 0 Å². The van der Waals surface area contributed by atoms with Gasteiger partial charge in [0.25, 0.3) is 0 Å². The molecule has 2 fully saturated rings. The van der Waals surface area contributed by atoms with Gasteiger partial charge in [0.2, 0.25) is 11.8 Å². The van der Waals surface area contributed by atoms with Gasteiger partial charge < -0.3 is 19.0 Å². The van der Waals surface area contributed by atoms with Gasteiger partial charge in [0.05, 0.1) is 18.9 Å². The molecule has 0 radical (unpaired) electrons. The zero-order chi connectivity index (χ0) is 19.4. The Morgan fingerprint density at radius 2 is 1.96 bits per heavy atom. The molecule has 0 N–H and O–H groups in total.